The molecular weight excluding hydrogens is 492 g/mol. The van der Waals surface area contributed by atoms with Crippen molar-refractivity contribution in [1.29, 1.82) is 0 Å². The fourth-order valence-electron chi connectivity index (χ4n) is 4.59. The van der Waals surface area contributed by atoms with Gasteiger partial charge in [-0.05, 0) is 67.5 Å². The van der Waals surface area contributed by atoms with E-state index in [2.05, 4.69) is 42.2 Å². The fraction of sp³-hybridized carbons (Fsp3) is 0.344. The third kappa shape index (κ3) is 8.34. The minimum Gasteiger partial charge on any atom is -0.493 e. The molecule has 1 unspecified atom stereocenters. The Morgan fingerprint density at radius 2 is 1.72 bits per heavy atom. The minimum absolute atomic E-state index is 0.0801. The smallest absolute Gasteiger partial charge is 0.303 e. The van der Waals surface area contributed by atoms with Crippen LogP contribution in [-0.4, -0.2) is 24.1 Å². The van der Waals surface area contributed by atoms with Gasteiger partial charge >= 0.3 is 5.97 Å². The van der Waals surface area contributed by atoms with E-state index in [1.165, 1.54) is 7.11 Å². The second kappa shape index (κ2) is 13.5. The van der Waals surface area contributed by atoms with E-state index in [1.54, 1.807) is 30.3 Å². The Hall–Kier alpha value is -4.31. The maximum absolute atomic E-state index is 13.7. The van der Waals surface area contributed by atoms with Crippen LogP contribution < -0.4 is 14.8 Å². The number of carbonyl (C=O) groups is 2. The summed E-state index contributed by atoms with van der Waals surface area (Å²) in [5.74, 6) is 0.105. The lowest BCUT2D eigenvalue weighted by Gasteiger charge is -2.23. The zero-order valence-electron chi connectivity index (χ0n) is 23.2. The molecule has 0 bridgehead atoms. The van der Waals surface area contributed by atoms with Crippen molar-refractivity contribution < 1.29 is 24.2 Å². The lowest BCUT2D eigenvalue weighted by Crippen LogP contribution is -2.30. The predicted octanol–water partition coefficient (Wildman–Crippen LogP) is 6.98. The van der Waals surface area contributed by atoms with Crippen LogP contribution in [0.2, 0.25) is 0 Å². The second-order valence-corrected chi connectivity index (χ2v) is 10.2. The number of hydrogen-bond acceptors (Lipinski definition) is 4. The summed E-state index contributed by atoms with van der Waals surface area (Å²) in [7, 11) is 1.53. The number of nitrogens with one attached hydrogen (secondary N) is 1. The molecule has 7 nitrogen and oxygen atoms in total. The molecule has 0 aliphatic rings. The number of hydrogen-bond donors (Lipinski definition) is 2. The van der Waals surface area contributed by atoms with E-state index < -0.39 is 5.97 Å². The molecule has 0 spiro atoms. The number of ether oxygens (including phenoxy) is 2. The van der Waals surface area contributed by atoms with Crippen LogP contribution in [0.4, 0.5) is 5.69 Å². The highest BCUT2D eigenvalue weighted by molar-refractivity contribution is 5.96. The Balaban J connectivity index is 1.92. The Morgan fingerprint density at radius 3 is 2.33 bits per heavy atom. The van der Waals surface area contributed by atoms with Gasteiger partial charge in [-0.3, -0.25) is 9.59 Å². The molecule has 0 aromatic heterocycles. The lowest BCUT2D eigenvalue weighted by atomic mass is 9.93. The van der Waals surface area contributed by atoms with Crippen LogP contribution in [-0.2, 0) is 17.8 Å². The molecule has 7 heteroatoms. The zero-order chi connectivity index (χ0) is 28.5. The van der Waals surface area contributed by atoms with Gasteiger partial charge in [0.05, 0.1) is 19.7 Å². The van der Waals surface area contributed by atoms with Crippen LogP contribution in [0.5, 0.6) is 11.5 Å². The van der Waals surface area contributed by atoms with Crippen molar-refractivity contribution in [2.75, 3.05) is 7.11 Å². The van der Waals surface area contributed by atoms with Gasteiger partial charge in [-0.2, -0.15) is 0 Å². The van der Waals surface area contributed by atoms with Crippen LogP contribution in [0.3, 0.4) is 0 Å². The molecular formula is C32H36N2O5. The number of aliphatic carboxylic acids is 1. The Bertz CT molecular complexity index is 1350. The molecule has 0 radical (unpaired) electrons. The summed E-state index contributed by atoms with van der Waals surface area (Å²) in [5, 5.41) is 12.5. The van der Waals surface area contributed by atoms with Gasteiger partial charge in [-0.25, -0.2) is 4.85 Å². The first kappa shape index (κ1) is 29.2. The number of carboxylic acid groups (broad SMARTS) is 1. The number of carboxylic acids is 1. The van der Waals surface area contributed by atoms with Gasteiger partial charge in [0.15, 0.2) is 17.2 Å². The van der Waals surface area contributed by atoms with E-state index in [-0.39, 0.29) is 31.4 Å². The van der Waals surface area contributed by atoms with E-state index in [9.17, 15) is 14.7 Å². The van der Waals surface area contributed by atoms with Gasteiger partial charge < -0.3 is 19.9 Å². The monoisotopic (exact) mass is 528 g/mol. The summed E-state index contributed by atoms with van der Waals surface area (Å²) in [6, 6.07) is 16.4. The van der Waals surface area contributed by atoms with Gasteiger partial charge in [0.1, 0.15) is 6.61 Å². The Morgan fingerprint density at radius 1 is 1.00 bits per heavy atom. The number of nitrogens with zero attached hydrogens (tertiary/aromatic N) is 1. The molecule has 3 rings (SSSR count). The first-order valence-corrected chi connectivity index (χ1v) is 13.0. The van der Waals surface area contributed by atoms with Crippen molar-refractivity contribution in [3.63, 3.8) is 0 Å². The van der Waals surface area contributed by atoms with E-state index >= 15 is 0 Å². The van der Waals surface area contributed by atoms with Crippen molar-refractivity contribution in [3.8, 4) is 11.5 Å². The van der Waals surface area contributed by atoms with Gasteiger partial charge in [0, 0.05) is 12.0 Å². The molecule has 1 atom stereocenters. The summed E-state index contributed by atoms with van der Waals surface area (Å²) in [6.45, 7) is 15.7. The van der Waals surface area contributed by atoms with E-state index in [0.29, 0.717) is 34.2 Å². The van der Waals surface area contributed by atoms with Crippen LogP contribution in [0.15, 0.2) is 54.6 Å². The third-order valence-corrected chi connectivity index (χ3v) is 6.36. The molecule has 0 heterocycles. The molecule has 39 heavy (non-hydrogen) atoms. The van der Waals surface area contributed by atoms with Crippen molar-refractivity contribution in [1.82, 2.24) is 5.32 Å². The van der Waals surface area contributed by atoms with E-state index in [0.717, 1.165) is 28.7 Å². The second-order valence-electron chi connectivity index (χ2n) is 10.2. The quantitative estimate of drug-likeness (QED) is 0.248. The molecule has 3 aromatic carbocycles. The average molecular weight is 529 g/mol. The van der Waals surface area contributed by atoms with Gasteiger partial charge in [-0.15, -0.1) is 0 Å². The molecule has 0 saturated heterocycles. The molecule has 1 amide bonds. The van der Waals surface area contributed by atoms with Crippen LogP contribution in [0.1, 0.15) is 70.9 Å². The molecule has 0 aliphatic carbocycles. The number of methoxy groups -OCH3 is 1. The van der Waals surface area contributed by atoms with E-state index in [4.69, 9.17) is 16.0 Å². The number of amides is 1. The largest absolute Gasteiger partial charge is 0.493 e. The van der Waals surface area contributed by atoms with Gasteiger partial charge in [-0.1, -0.05) is 61.4 Å². The molecule has 3 aromatic rings. The average Bonchev–Trinajstić information content (AvgIpc) is 2.89. The summed E-state index contributed by atoms with van der Waals surface area (Å²) in [4.78, 5) is 28.4. The third-order valence-electron chi connectivity index (χ3n) is 6.36. The molecule has 2 N–H and O–H groups in total. The van der Waals surface area contributed by atoms with Crippen molar-refractivity contribution >= 4 is 17.6 Å². The van der Waals surface area contributed by atoms with Gasteiger partial charge in [0.2, 0.25) is 0 Å². The first-order chi connectivity index (χ1) is 18.6. The topological polar surface area (TPSA) is 89.2 Å². The Kier molecular flexibility index (Phi) is 10.1. The fourth-order valence-corrected chi connectivity index (χ4v) is 4.59. The summed E-state index contributed by atoms with van der Waals surface area (Å²) in [6.07, 6.45) is 0.917. The minimum atomic E-state index is -0.923. The molecule has 0 saturated carbocycles. The SMILES string of the molecule is [C-]#[N+]c1ccc(OC)c(OCc2ccc(CCC(=O)O)c(C(=O)NC(CC(C)C)c3cc(C)cc(C)c3)c2)c1. The lowest BCUT2D eigenvalue weighted by molar-refractivity contribution is -0.136. The van der Waals surface area contributed by atoms with E-state index in [1.807, 2.05) is 19.9 Å². The highest BCUT2D eigenvalue weighted by atomic mass is 16.5. The standard InChI is InChI=1S/C32H36N2O5/c1-20(2)13-28(25-15-21(3)14-22(4)16-25)34-32(37)27-17-23(7-8-24(27)9-12-31(35)36)19-39-30-18-26(33-5)10-11-29(30)38-6/h7-8,10-11,14-18,20,28H,9,12-13,19H2,1-4,6H3,(H,34,37)(H,35,36). The number of aryl methyl sites for hydroxylation is 3. The summed E-state index contributed by atoms with van der Waals surface area (Å²) >= 11 is 0. The number of rotatable bonds is 12. The molecule has 0 aliphatic heterocycles. The van der Waals surface area contributed by atoms with Crippen LogP contribution in [0.25, 0.3) is 4.85 Å². The highest BCUT2D eigenvalue weighted by Gasteiger charge is 2.21. The van der Waals surface area contributed by atoms with Crippen molar-refractivity contribution in [2.24, 2.45) is 5.92 Å². The Labute approximate surface area is 230 Å². The maximum atomic E-state index is 13.7. The first-order valence-electron chi connectivity index (χ1n) is 13.0. The van der Waals surface area contributed by atoms with Crippen molar-refractivity contribution in [3.05, 3.63) is 99.4 Å². The summed E-state index contributed by atoms with van der Waals surface area (Å²) < 4.78 is 11.3. The zero-order valence-corrected chi connectivity index (χ0v) is 23.2. The van der Waals surface area contributed by atoms with Crippen LogP contribution >= 0.6 is 0 Å². The molecule has 0 fully saturated rings. The van der Waals surface area contributed by atoms with Crippen molar-refractivity contribution in [2.45, 2.75) is 59.6 Å². The normalized spacial score (nSPS) is 11.5. The number of benzene rings is 3. The van der Waals surface area contributed by atoms with Crippen LogP contribution in [0, 0.1) is 26.3 Å². The molecule has 204 valence electrons. The number of carbonyl (C=O) groups excluding carboxylic acids is 1. The highest BCUT2D eigenvalue weighted by Crippen LogP contribution is 2.32. The van der Waals surface area contributed by atoms with Gasteiger partial charge in [0.25, 0.3) is 5.91 Å². The summed E-state index contributed by atoms with van der Waals surface area (Å²) in [5.41, 5.74) is 5.57. The maximum Gasteiger partial charge on any atom is 0.303 e. The predicted molar refractivity (Wildman–Crippen MR) is 152 cm³/mol.